The average molecular weight is 354 g/mol. The number of urea groups is 1. The fourth-order valence-corrected chi connectivity index (χ4v) is 1.87. The summed E-state index contributed by atoms with van der Waals surface area (Å²) in [4.78, 5) is 26.3. The van der Waals surface area contributed by atoms with E-state index >= 15 is 0 Å². The molecular weight excluding hydrogens is 345 g/mol. The Bertz CT molecular complexity index is 709. The molecule has 3 N–H and O–H groups in total. The van der Waals surface area contributed by atoms with E-state index in [2.05, 4.69) is 31.5 Å². The maximum Gasteiger partial charge on any atom is 0.337 e. The Morgan fingerprint density at radius 1 is 1.14 bits per heavy atom. The van der Waals surface area contributed by atoms with Crippen molar-refractivity contribution in [2.24, 2.45) is 0 Å². The van der Waals surface area contributed by atoms with Crippen LogP contribution in [0.25, 0.3) is 0 Å². The van der Waals surface area contributed by atoms with Gasteiger partial charge in [-0.15, -0.1) is 0 Å². The molecule has 1 aromatic heterocycles. The first-order valence-electron chi connectivity index (χ1n) is 5.67. The number of carbonyl (C=O) groups is 2. The molecule has 0 fully saturated rings. The van der Waals surface area contributed by atoms with Gasteiger partial charge in [-0.05, 0) is 40.2 Å². The fourth-order valence-electron chi connectivity index (χ4n) is 1.49. The second-order valence-electron chi connectivity index (χ2n) is 3.98. The summed E-state index contributed by atoms with van der Waals surface area (Å²) in [5.41, 5.74) is 0.564. The lowest BCUT2D eigenvalue weighted by Gasteiger charge is -2.08. The molecule has 2 aromatic rings. The number of nitrogens with one attached hydrogen (secondary N) is 2. The van der Waals surface area contributed by atoms with Gasteiger partial charge in [-0.1, -0.05) is 0 Å². The van der Waals surface area contributed by atoms with Crippen LogP contribution >= 0.6 is 15.9 Å². The van der Waals surface area contributed by atoms with Gasteiger partial charge in [0.1, 0.15) is 5.82 Å². The predicted octanol–water partition coefficient (Wildman–Crippen LogP) is 3.33. The Balaban J connectivity index is 2.06. The molecule has 0 aliphatic heterocycles. The lowest BCUT2D eigenvalue weighted by Crippen LogP contribution is -2.19. The Labute approximate surface area is 127 Å². The van der Waals surface area contributed by atoms with Crippen molar-refractivity contribution in [3.63, 3.8) is 0 Å². The third-order valence-electron chi connectivity index (χ3n) is 2.42. The van der Waals surface area contributed by atoms with E-state index in [1.54, 1.807) is 0 Å². The number of benzene rings is 1. The number of carboxylic acid groups (broad SMARTS) is 1. The third-order valence-corrected chi connectivity index (χ3v) is 3.03. The van der Waals surface area contributed by atoms with Crippen molar-refractivity contribution in [2.45, 2.75) is 0 Å². The smallest absolute Gasteiger partial charge is 0.337 e. The molecule has 0 spiro atoms. The maximum absolute atomic E-state index is 13.1. The number of nitrogens with zero attached hydrogens (tertiary/aromatic N) is 1. The molecule has 21 heavy (non-hydrogen) atoms. The van der Waals surface area contributed by atoms with E-state index in [1.807, 2.05) is 0 Å². The molecule has 0 saturated carbocycles. The standard InChI is InChI=1S/C13H9BrFN3O3/c14-10-4-8(1-2-11(10)15)17-13(21)18-9-3-7(12(19)20)5-16-6-9/h1-6H,(H,19,20)(H2,17,18,21). The number of halogens is 2. The molecule has 2 rings (SSSR count). The van der Waals surface area contributed by atoms with Crippen LogP contribution < -0.4 is 10.6 Å². The van der Waals surface area contributed by atoms with Crippen molar-refractivity contribution in [3.8, 4) is 0 Å². The highest BCUT2D eigenvalue weighted by molar-refractivity contribution is 9.10. The van der Waals surface area contributed by atoms with Crippen molar-refractivity contribution in [3.05, 3.63) is 52.5 Å². The molecule has 0 unspecified atom stereocenters. The number of hydrogen-bond donors (Lipinski definition) is 3. The summed E-state index contributed by atoms with van der Waals surface area (Å²) >= 11 is 3.01. The number of rotatable bonds is 3. The van der Waals surface area contributed by atoms with Gasteiger partial charge in [0.05, 0.1) is 21.9 Å². The first-order valence-corrected chi connectivity index (χ1v) is 6.46. The van der Waals surface area contributed by atoms with E-state index in [0.29, 0.717) is 5.69 Å². The summed E-state index contributed by atoms with van der Waals surface area (Å²) in [5.74, 6) is -1.59. The minimum Gasteiger partial charge on any atom is -0.478 e. The number of amides is 2. The highest BCUT2D eigenvalue weighted by atomic mass is 79.9. The molecule has 0 aliphatic rings. The second kappa shape index (κ2) is 6.31. The first-order chi connectivity index (χ1) is 9.95. The van der Waals surface area contributed by atoms with Gasteiger partial charge in [-0.3, -0.25) is 4.98 Å². The number of aromatic carboxylic acids is 1. The molecule has 0 radical (unpaired) electrons. The molecular formula is C13H9BrFN3O3. The minimum atomic E-state index is -1.14. The van der Waals surface area contributed by atoms with Crippen molar-refractivity contribution in [1.29, 1.82) is 0 Å². The number of hydrogen-bond acceptors (Lipinski definition) is 3. The SMILES string of the molecule is O=C(Nc1cncc(C(=O)O)c1)Nc1ccc(F)c(Br)c1. The zero-order valence-corrected chi connectivity index (χ0v) is 12.0. The molecule has 1 aromatic carbocycles. The first kappa shape index (κ1) is 14.9. The van der Waals surface area contributed by atoms with Gasteiger partial charge in [-0.2, -0.15) is 0 Å². The van der Waals surface area contributed by atoms with Crippen LogP contribution in [0, 0.1) is 5.82 Å². The quantitative estimate of drug-likeness (QED) is 0.789. The molecule has 2 amide bonds. The van der Waals surface area contributed by atoms with Crippen LogP contribution in [0.15, 0.2) is 41.1 Å². The van der Waals surface area contributed by atoms with Crippen molar-refractivity contribution < 1.29 is 19.1 Å². The predicted molar refractivity (Wildman–Crippen MR) is 77.9 cm³/mol. The van der Waals surface area contributed by atoms with E-state index in [-0.39, 0.29) is 15.7 Å². The molecule has 1 heterocycles. The summed E-state index contributed by atoms with van der Waals surface area (Å²) in [7, 11) is 0. The number of pyridine rings is 1. The fraction of sp³-hybridized carbons (Fsp3) is 0. The molecule has 0 atom stereocenters. The summed E-state index contributed by atoms with van der Waals surface area (Å²) in [6, 6.07) is 4.67. The van der Waals surface area contributed by atoms with E-state index in [4.69, 9.17) is 5.11 Å². The zero-order chi connectivity index (χ0) is 15.4. The summed E-state index contributed by atoms with van der Waals surface area (Å²) in [6.07, 6.45) is 2.48. The van der Waals surface area contributed by atoms with Crippen LogP contribution in [-0.4, -0.2) is 22.1 Å². The molecule has 6 nitrogen and oxygen atoms in total. The van der Waals surface area contributed by atoms with Crippen LogP contribution in [0.5, 0.6) is 0 Å². The lowest BCUT2D eigenvalue weighted by molar-refractivity contribution is 0.0696. The third kappa shape index (κ3) is 3.99. The minimum absolute atomic E-state index is 0.0441. The normalized spacial score (nSPS) is 10.0. The van der Waals surface area contributed by atoms with Gasteiger partial charge in [0.15, 0.2) is 0 Å². The largest absolute Gasteiger partial charge is 0.478 e. The Kier molecular flexibility index (Phi) is 4.49. The van der Waals surface area contributed by atoms with Gasteiger partial charge in [0, 0.05) is 11.9 Å². The molecule has 108 valence electrons. The molecule has 8 heteroatoms. The van der Waals surface area contributed by atoms with E-state index in [9.17, 15) is 14.0 Å². The second-order valence-corrected chi connectivity index (χ2v) is 4.83. The van der Waals surface area contributed by atoms with E-state index in [0.717, 1.165) is 0 Å². The number of carboxylic acids is 1. The molecule has 0 bridgehead atoms. The van der Waals surface area contributed by atoms with Crippen molar-refractivity contribution in [1.82, 2.24) is 4.98 Å². The van der Waals surface area contributed by atoms with E-state index < -0.39 is 17.8 Å². The number of anilines is 2. The summed E-state index contributed by atoms with van der Waals surface area (Å²) in [5, 5.41) is 13.7. The molecule has 0 aliphatic carbocycles. The van der Waals surface area contributed by atoms with Crippen LogP contribution in [0.4, 0.5) is 20.6 Å². The van der Waals surface area contributed by atoms with Crippen LogP contribution in [0.1, 0.15) is 10.4 Å². The van der Waals surface area contributed by atoms with E-state index in [1.165, 1.54) is 36.7 Å². The average Bonchev–Trinajstić information content (AvgIpc) is 2.43. The zero-order valence-electron chi connectivity index (χ0n) is 10.4. The summed E-state index contributed by atoms with van der Waals surface area (Å²) in [6.45, 7) is 0. The topological polar surface area (TPSA) is 91.3 Å². The number of carbonyl (C=O) groups excluding carboxylic acids is 1. The van der Waals surface area contributed by atoms with Gasteiger partial charge in [0.25, 0.3) is 0 Å². The Hall–Kier alpha value is -2.48. The lowest BCUT2D eigenvalue weighted by atomic mass is 10.2. The van der Waals surface area contributed by atoms with Gasteiger partial charge in [0.2, 0.25) is 0 Å². The van der Waals surface area contributed by atoms with Crippen LogP contribution in [0.3, 0.4) is 0 Å². The highest BCUT2D eigenvalue weighted by Crippen LogP contribution is 2.20. The van der Waals surface area contributed by atoms with Crippen LogP contribution in [-0.2, 0) is 0 Å². The van der Waals surface area contributed by atoms with Crippen LogP contribution in [0.2, 0.25) is 0 Å². The Morgan fingerprint density at radius 2 is 1.86 bits per heavy atom. The monoisotopic (exact) mass is 353 g/mol. The van der Waals surface area contributed by atoms with Gasteiger partial charge < -0.3 is 15.7 Å². The van der Waals surface area contributed by atoms with Gasteiger partial charge >= 0.3 is 12.0 Å². The maximum atomic E-state index is 13.1. The Morgan fingerprint density at radius 3 is 2.52 bits per heavy atom. The van der Waals surface area contributed by atoms with Gasteiger partial charge in [-0.25, -0.2) is 14.0 Å². The highest BCUT2D eigenvalue weighted by Gasteiger charge is 2.08. The van der Waals surface area contributed by atoms with Crippen molar-refractivity contribution >= 4 is 39.3 Å². The molecule has 0 saturated heterocycles. The van der Waals surface area contributed by atoms with Crippen molar-refractivity contribution in [2.75, 3.05) is 10.6 Å². The number of aromatic nitrogens is 1. The summed E-state index contributed by atoms with van der Waals surface area (Å²) < 4.78 is 13.3.